The van der Waals surface area contributed by atoms with Gasteiger partial charge in [-0.15, -0.1) is 11.3 Å². The molecule has 1 aliphatic heterocycles. The maximum atomic E-state index is 11.9. The number of carbonyl (C=O) groups excluding carboxylic acids is 1. The first-order valence-electron chi connectivity index (χ1n) is 6.59. The zero-order valence-corrected chi connectivity index (χ0v) is 11.8. The predicted octanol–water partition coefficient (Wildman–Crippen LogP) is 1.88. The fourth-order valence-electron chi connectivity index (χ4n) is 2.05. The van der Waals surface area contributed by atoms with Crippen molar-refractivity contribution in [2.75, 3.05) is 13.1 Å². The summed E-state index contributed by atoms with van der Waals surface area (Å²) in [5.41, 5.74) is 1.11. The van der Waals surface area contributed by atoms with Crippen LogP contribution in [-0.4, -0.2) is 24.0 Å². The third-order valence-corrected chi connectivity index (χ3v) is 4.11. The summed E-state index contributed by atoms with van der Waals surface area (Å²) in [7, 11) is 0. The van der Waals surface area contributed by atoms with E-state index in [1.54, 1.807) is 11.3 Å². The van der Waals surface area contributed by atoms with Crippen LogP contribution < -0.4 is 10.6 Å². The second-order valence-electron chi connectivity index (χ2n) is 5.08. The van der Waals surface area contributed by atoms with Gasteiger partial charge in [0.05, 0.1) is 18.2 Å². The Bertz CT molecular complexity index is 397. The van der Waals surface area contributed by atoms with E-state index in [0.29, 0.717) is 12.5 Å². The van der Waals surface area contributed by atoms with Crippen LogP contribution >= 0.6 is 11.3 Å². The lowest BCUT2D eigenvalue weighted by molar-refractivity contribution is -0.125. The predicted molar refractivity (Wildman–Crippen MR) is 73.6 cm³/mol. The topological polar surface area (TPSA) is 54.0 Å². The molecule has 2 heterocycles. The van der Waals surface area contributed by atoms with Crippen LogP contribution in [0.2, 0.25) is 0 Å². The third-order valence-electron chi connectivity index (χ3n) is 3.24. The normalized spacial score (nSPS) is 20.1. The Kier molecular flexibility index (Phi) is 4.72. The molecule has 1 saturated heterocycles. The summed E-state index contributed by atoms with van der Waals surface area (Å²) in [5.74, 6) is 0.736. The Morgan fingerprint density at radius 1 is 1.67 bits per heavy atom. The van der Waals surface area contributed by atoms with Gasteiger partial charge in [-0.2, -0.15) is 0 Å². The highest BCUT2D eigenvalue weighted by Gasteiger charge is 2.20. The van der Waals surface area contributed by atoms with Gasteiger partial charge in [-0.1, -0.05) is 13.8 Å². The van der Waals surface area contributed by atoms with Gasteiger partial charge >= 0.3 is 0 Å². The van der Waals surface area contributed by atoms with Gasteiger partial charge in [0.2, 0.25) is 5.91 Å². The summed E-state index contributed by atoms with van der Waals surface area (Å²) in [6.07, 6.45) is 2.08. The number of rotatable bonds is 4. The quantitative estimate of drug-likeness (QED) is 0.876. The van der Waals surface area contributed by atoms with Crippen LogP contribution in [0.25, 0.3) is 0 Å². The van der Waals surface area contributed by atoms with E-state index >= 15 is 0 Å². The highest BCUT2D eigenvalue weighted by Crippen LogP contribution is 2.17. The molecular formula is C13H21N3OS. The molecule has 1 amide bonds. The summed E-state index contributed by atoms with van der Waals surface area (Å²) in [4.78, 5) is 16.5. The van der Waals surface area contributed by atoms with Crippen molar-refractivity contribution in [3.63, 3.8) is 0 Å². The molecule has 2 rings (SSSR count). The largest absolute Gasteiger partial charge is 0.349 e. The lowest BCUT2D eigenvalue weighted by Crippen LogP contribution is -2.40. The molecule has 1 aromatic heterocycles. The molecule has 1 fully saturated rings. The fraction of sp³-hybridized carbons (Fsp3) is 0.692. The van der Waals surface area contributed by atoms with Crippen LogP contribution in [0.4, 0.5) is 0 Å². The number of aromatic nitrogens is 1. The molecule has 0 aliphatic carbocycles. The number of hydrogen-bond acceptors (Lipinski definition) is 4. The first kappa shape index (κ1) is 13.5. The van der Waals surface area contributed by atoms with Crippen LogP contribution in [0.1, 0.15) is 43.3 Å². The van der Waals surface area contributed by atoms with Crippen molar-refractivity contribution in [3.05, 3.63) is 16.1 Å². The summed E-state index contributed by atoms with van der Waals surface area (Å²) in [6, 6.07) is 0. The van der Waals surface area contributed by atoms with Gasteiger partial charge in [-0.3, -0.25) is 4.79 Å². The molecule has 1 unspecified atom stereocenters. The Hall–Kier alpha value is -0.940. The average molecular weight is 267 g/mol. The molecule has 0 radical (unpaired) electrons. The van der Waals surface area contributed by atoms with Crippen molar-refractivity contribution in [3.8, 4) is 0 Å². The number of hydrogen-bond donors (Lipinski definition) is 2. The van der Waals surface area contributed by atoms with Crippen LogP contribution in [-0.2, 0) is 11.3 Å². The van der Waals surface area contributed by atoms with Gasteiger partial charge < -0.3 is 10.6 Å². The van der Waals surface area contributed by atoms with E-state index in [0.717, 1.165) is 36.6 Å². The molecule has 1 atom stereocenters. The number of nitrogens with one attached hydrogen (secondary N) is 2. The second kappa shape index (κ2) is 6.29. The van der Waals surface area contributed by atoms with Crippen LogP contribution in [0, 0.1) is 5.92 Å². The summed E-state index contributed by atoms with van der Waals surface area (Å²) in [5, 5.41) is 9.32. The number of carbonyl (C=O) groups is 1. The van der Waals surface area contributed by atoms with E-state index in [1.807, 2.05) is 0 Å². The van der Waals surface area contributed by atoms with Crippen molar-refractivity contribution in [2.45, 2.75) is 39.2 Å². The fourth-order valence-corrected chi connectivity index (χ4v) is 2.95. The molecule has 0 bridgehead atoms. The van der Waals surface area contributed by atoms with Gasteiger partial charge in [-0.05, 0) is 25.3 Å². The maximum Gasteiger partial charge on any atom is 0.224 e. The minimum absolute atomic E-state index is 0.128. The van der Waals surface area contributed by atoms with E-state index in [9.17, 15) is 4.79 Å². The molecule has 100 valence electrons. The number of nitrogens with zero attached hydrogens (tertiary/aromatic N) is 1. The zero-order chi connectivity index (χ0) is 13.0. The molecular weight excluding hydrogens is 246 g/mol. The molecule has 4 nitrogen and oxygen atoms in total. The van der Waals surface area contributed by atoms with E-state index in [1.165, 1.54) is 0 Å². The molecule has 0 saturated carbocycles. The van der Waals surface area contributed by atoms with E-state index in [4.69, 9.17) is 0 Å². The van der Waals surface area contributed by atoms with E-state index < -0.39 is 0 Å². The lowest BCUT2D eigenvalue weighted by atomic mass is 9.99. The minimum Gasteiger partial charge on any atom is -0.349 e. The van der Waals surface area contributed by atoms with Gasteiger partial charge in [0, 0.05) is 11.9 Å². The smallest absolute Gasteiger partial charge is 0.224 e. The molecule has 18 heavy (non-hydrogen) atoms. The van der Waals surface area contributed by atoms with Crippen molar-refractivity contribution in [1.29, 1.82) is 0 Å². The van der Waals surface area contributed by atoms with E-state index in [-0.39, 0.29) is 11.8 Å². The van der Waals surface area contributed by atoms with Gasteiger partial charge in [-0.25, -0.2) is 4.98 Å². The van der Waals surface area contributed by atoms with Crippen LogP contribution in [0.3, 0.4) is 0 Å². The zero-order valence-electron chi connectivity index (χ0n) is 11.0. The standard InChI is InChI=1S/C13H21N3OS/c1-9(2)11-8-18-12(16-11)7-15-13(17)10-4-3-5-14-6-10/h8-10,14H,3-7H2,1-2H3,(H,15,17). The molecule has 0 aromatic carbocycles. The van der Waals surface area contributed by atoms with Crippen LogP contribution in [0.15, 0.2) is 5.38 Å². The van der Waals surface area contributed by atoms with E-state index in [2.05, 4.69) is 34.8 Å². The van der Waals surface area contributed by atoms with Crippen LogP contribution in [0.5, 0.6) is 0 Å². The number of thiazole rings is 1. The van der Waals surface area contributed by atoms with Gasteiger partial charge in [0.1, 0.15) is 5.01 Å². The third kappa shape index (κ3) is 3.53. The molecule has 0 spiro atoms. The Labute approximate surface area is 112 Å². The maximum absolute atomic E-state index is 11.9. The molecule has 5 heteroatoms. The van der Waals surface area contributed by atoms with Crippen molar-refractivity contribution in [2.24, 2.45) is 5.92 Å². The summed E-state index contributed by atoms with van der Waals surface area (Å²) >= 11 is 1.63. The SMILES string of the molecule is CC(C)c1csc(CNC(=O)C2CCCNC2)n1. The Morgan fingerprint density at radius 2 is 2.50 bits per heavy atom. The lowest BCUT2D eigenvalue weighted by Gasteiger charge is -2.21. The second-order valence-corrected chi connectivity index (χ2v) is 6.02. The van der Waals surface area contributed by atoms with Crippen molar-refractivity contribution in [1.82, 2.24) is 15.6 Å². The van der Waals surface area contributed by atoms with Gasteiger partial charge in [0.15, 0.2) is 0 Å². The average Bonchev–Trinajstić information content (AvgIpc) is 2.86. The monoisotopic (exact) mass is 267 g/mol. The number of amides is 1. The Balaban J connectivity index is 1.81. The molecule has 1 aromatic rings. The molecule has 1 aliphatic rings. The highest BCUT2D eigenvalue weighted by molar-refractivity contribution is 7.09. The summed E-state index contributed by atoms with van der Waals surface area (Å²) in [6.45, 7) is 6.66. The summed E-state index contributed by atoms with van der Waals surface area (Å²) < 4.78 is 0. The number of piperidine rings is 1. The first-order valence-corrected chi connectivity index (χ1v) is 7.47. The minimum atomic E-state index is 0.128. The van der Waals surface area contributed by atoms with Crippen molar-refractivity contribution < 1.29 is 4.79 Å². The van der Waals surface area contributed by atoms with Gasteiger partial charge in [0.25, 0.3) is 0 Å². The molecule has 2 N–H and O–H groups in total. The first-order chi connectivity index (χ1) is 8.66. The Morgan fingerprint density at radius 3 is 3.11 bits per heavy atom. The highest BCUT2D eigenvalue weighted by atomic mass is 32.1. The van der Waals surface area contributed by atoms with Crippen molar-refractivity contribution >= 4 is 17.2 Å².